The zero-order chi connectivity index (χ0) is 13.0. The lowest BCUT2D eigenvalue weighted by atomic mass is 10.1. The van der Waals surface area contributed by atoms with Crippen molar-refractivity contribution in [3.63, 3.8) is 0 Å². The molecule has 1 fully saturated rings. The van der Waals surface area contributed by atoms with Crippen LogP contribution in [0.4, 0.5) is 4.39 Å². The minimum absolute atomic E-state index is 0.0923. The second-order valence-electron chi connectivity index (χ2n) is 4.45. The first-order valence-corrected chi connectivity index (χ1v) is 6.93. The summed E-state index contributed by atoms with van der Waals surface area (Å²) in [5, 5.41) is 6.19. The average Bonchev–Trinajstić information content (AvgIpc) is 2.57. The fraction of sp³-hybridized carbons (Fsp3) is 0.462. The largest absolute Gasteiger partial charge is 0.349 e. The van der Waals surface area contributed by atoms with Gasteiger partial charge in [0.05, 0.1) is 5.56 Å². The van der Waals surface area contributed by atoms with Crippen LogP contribution < -0.4 is 10.6 Å². The van der Waals surface area contributed by atoms with Crippen LogP contribution in [0.15, 0.2) is 22.7 Å². The van der Waals surface area contributed by atoms with Gasteiger partial charge in [-0.15, -0.1) is 0 Å². The van der Waals surface area contributed by atoms with Gasteiger partial charge in [0.2, 0.25) is 0 Å². The summed E-state index contributed by atoms with van der Waals surface area (Å²) in [5.74, 6) is -0.833. The Morgan fingerprint density at radius 1 is 1.39 bits per heavy atom. The number of carbonyl (C=O) groups excluding carboxylic acids is 1. The summed E-state index contributed by atoms with van der Waals surface area (Å²) in [7, 11) is 0. The van der Waals surface area contributed by atoms with Gasteiger partial charge in [0, 0.05) is 10.5 Å². The Kier molecular flexibility index (Phi) is 4.72. The summed E-state index contributed by atoms with van der Waals surface area (Å²) in [5.41, 5.74) is 0.0923. The van der Waals surface area contributed by atoms with E-state index < -0.39 is 5.82 Å². The molecule has 5 heteroatoms. The molecule has 2 rings (SSSR count). The van der Waals surface area contributed by atoms with Crippen LogP contribution >= 0.6 is 15.9 Å². The molecule has 0 saturated carbocycles. The van der Waals surface area contributed by atoms with Gasteiger partial charge < -0.3 is 10.6 Å². The molecule has 1 atom stereocenters. The van der Waals surface area contributed by atoms with Gasteiger partial charge in [-0.25, -0.2) is 4.39 Å². The minimum Gasteiger partial charge on any atom is -0.349 e. The van der Waals surface area contributed by atoms with Crippen molar-refractivity contribution in [3.05, 3.63) is 34.1 Å². The summed E-state index contributed by atoms with van der Waals surface area (Å²) in [6, 6.07) is 4.67. The van der Waals surface area contributed by atoms with Crippen molar-refractivity contribution < 1.29 is 9.18 Å². The molecular weight excluding hydrogens is 299 g/mol. The van der Waals surface area contributed by atoms with Crippen molar-refractivity contribution >= 4 is 21.8 Å². The summed E-state index contributed by atoms with van der Waals surface area (Å²) < 4.78 is 14.1. The molecule has 0 aliphatic carbocycles. The first-order chi connectivity index (χ1) is 8.68. The highest BCUT2D eigenvalue weighted by Crippen LogP contribution is 2.20. The van der Waals surface area contributed by atoms with E-state index in [1.807, 2.05) is 0 Å². The molecule has 1 saturated heterocycles. The normalized spacial score (nSPS) is 20.2. The Morgan fingerprint density at radius 2 is 2.22 bits per heavy atom. The Bertz CT molecular complexity index is 411. The van der Waals surface area contributed by atoms with Crippen molar-refractivity contribution in [1.29, 1.82) is 0 Å². The third-order valence-corrected chi connectivity index (χ3v) is 3.76. The Morgan fingerprint density at radius 3 is 3.00 bits per heavy atom. The van der Waals surface area contributed by atoms with Crippen LogP contribution in [-0.2, 0) is 0 Å². The van der Waals surface area contributed by atoms with E-state index in [0.717, 1.165) is 32.4 Å². The highest BCUT2D eigenvalue weighted by molar-refractivity contribution is 9.10. The van der Waals surface area contributed by atoms with E-state index in [1.54, 1.807) is 12.1 Å². The molecule has 18 heavy (non-hydrogen) atoms. The molecule has 2 N–H and O–H groups in total. The van der Waals surface area contributed by atoms with E-state index in [1.165, 1.54) is 6.07 Å². The Balaban J connectivity index is 2.07. The smallest absolute Gasteiger partial charge is 0.255 e. The molecule has 1 aromatic rings. The standard InChI is InChI=1S/C13H16BrFN2O/c14-10-4-1-5-11(15)12(10)13(18)17-9-3-2-7-16-8-6-9/h1,4-5,9,16H,2-3,6-8H2,(H,17,18). The lowest BCUT2D eigenvalue weighted by Crippen LogP contribution is -2.36. The Hall–Kier alpha value is -0.940. The number of halogens is 2. The number of hydrogen-bond acceptors (Lipinski definition) is 2. The highest BCUT2D eigenvalue weighted by Gasteiger charge is 2.19. The van der Waals surface area contributed by atoms with Crippen LogP contribution in [0.1, 0.15) is 29.6 Å². The van der Waals surface area contributed by atoms with E-state index in [9.17, 15) is 9.18 Å². The monoisotopic (exact) mass is 314 g/mol. The molecule has 98 valence electrons. The molecule has 1 unspecified atom stereocenters. The summed E-state index contributed by atoms with van der Waals surface area (Å²) in [6.07, 6.45) is 2.85. The third kappa shape index (κ3) is 3.29. The van der Waals surface area contributed by atoms with Gasteiger partial charge in [0.25, 0.3) is 5.91 Å². The van der Waals surface area contributed by atoms with E-state index in [2.05, 4.69) is 26.6 Å². The lowest BCUT2D eigenvalue weighted by Gasteiger charge is -2.16. The second kappa shape index (κ2) is 6.29. The molecule has 0 radical (unpaired) electrons. The second-order valence-corrected chi connectivity index (χ2v) is 5.30. The number of nitrogens with one attached hydrogen (secondary N) is 2. The first-order valence-electron chi connectivity index (χ1n) is 6.14. The van der Waals surface area contributed by atoms with Gasteiger partial charge in [0.1, 0.15) is 5.82 Å². The van der Waals surface area contributed by atoms with E-state index >= 15 is 0 Å². The maximum Gasteiger partial charge on any atom is 0.255 e. The molecule has 0 spiro atoms. The summed E-state index contributed by atoms with van der Waals surface area (Å²) in [6.45, 7) is 1.87. The Labute approximate surface area is 114 Å². The first kappa shape index (κ1) is 13.5. The van der Waals surface area contributed by atoms with Crippen LogP contribution in [0.3, 0.4) is 0 Å². The van der Waals surface area contributed by atoms with Crippen LogP contribution in [0.2, 0.25) is 0 Å². The maximum atomic E-state index is 13.6. The quantitative estimate of drug-likeness (QED) is 0.880. The summed E-state index contributed by atoms with van der Waals surface area (Å²) >= 11 is 3.21. The van der Waals surface area contributed by atoms with Crippen LogP contribution in [0, 0.1) is 5.82 Å². The predicted octanol–water partition coefficient (Wildman–Crippen LogP) is 2.46. The van der Waals surface area contributed by atoms with Gasteiger partial charge in [-0.3, -0.25) is 4.79 Å². The van der Waals surface area contributed by atoms with Crippen LogP contribution in [-0.4, -0.2) is 25.0 Å². The van der Waals surface area contributed by atoms with E-state index in [4.69, 9.17) is 0 Å². The van der Waals surface area contributed by atoms with Crippen molar-refractivity contribution in [2.24, 2.45) is 0 Å². The van der Waals surface area contributed by atoms with Crippen molar-refractivity contribution in [3.8, 4) is 0 Å². The van der Waals surface area contributed by atoms with E-state index in [-0.39, 0.29) is 17.5 Å². The fourth-order valence-corrected chi connectivity index (χ4v) is 2.66. The molecule has 1 aliphatic rings. The summed E-state index contributed by atoms with van der Waals surface area (Å²) in [4.78, 5) is 12.1. The van der Waals surface area contributed by atoms with Gasteiger partial charge in [-0.2, -0.15) is 0 Å². The van der Waals surface area contributed by atoms with E-state index in [0.29, 0.717) is 4.47 Å². The zero-order valence-corrected chi connectivity index (χ0v) is 11.6. The number of benzene rings is 1. The lowest BCUT2D eigenvalue weighted by molar-refractivity contribution is 0.0929. The number of rotatable bonds is 2. The molecule has 0 aromatic heterocycles. The molecule has 1 amide bonds. The average molecular weight is 315 g/mol. The van der Waals surface area contributed by atoms with Gasteiger partial charge >= 0.3 is 0 Å². The van der Waals surface area contributed by atoms with Crippen LogP contribution in [0.5, 0.6) is 0 Å². The fourth-order valence-electron chi connectivity index (χ4n) is 2.14. The molecular formula is C13H16BrFN2O. The highest BCUT2D eigenvalue weighted by atomic mass is 79.9. The van der Waals surface area contributed by atoms with Gasteiger partial charge in [-0.1, -0.05) is 6.07 Å². The number of amides is 1. The molecule has 3 nitrogen and oxygen atoms in total. The number of carbonyl (C=O) groups is 1. The minimum atomic E-state index is -0.492. The molecule has 1 aliphatic heterocycles. The molecule has 1 aromatic carbocycles. The van der Waals surface area contributed by atoms with Crippen molar-refractivity contribution in [2.45, 2.75) is 25.3 Å². The molecule has 0 bridgehead atoms. The maximum absolute atomic E-state index is 13.6. The van der Waals surface area contributed by atoms with Crippen molar-refractivity contribution in [2.75, 3.05) is 13.1 Å². The number of hydrogen-bond donors (Lipinski definition) is 2. The SMILES string of the molecule is O=C(NC1CCCNCC1)c1c(F)cccc1Br. The molecule has 1 heterocycles. The van der Waals surface area contributed by atoms with Gasteiger partial charge in [-0.05, 0) is 60.4 Å². The van der Waals surface area contributed by atoms with Crippen molar-refractivity contribution in [1.82, 2.24) is 10.6 Å². The third-order valence-electron chi connectivity index (χ3n) is 3.10. The zero-order valence-electron chi connectivity index (χ0n) is 10.0. The van der Waals surface area contributed by atoms with Gasteiger partial charge in [0.15, 0.2) is 0 Å². The van der Waals surface area contributed by atoms with Crippen LogP contribution in [0.25, 0.3) is 0 Å². The predicted molar refractivity (Wildman–Crippen MR) is 72.1 cm³/mol. The topological polar surface area (TPSA) is 41.1 Å².